The Morgan fingerprint density at radius 1 is 1.53 bits per heavy atom. The molecule has 17 heavy (non-hydrogen) atoms. The minimum atomic E-state index is 0.390. The van der Waals surface area contributed by atoms with E-state index >= 15 is 0 Å². The van der Waals surface area contributed by atoms with Gasteiger partial charge in [-0.25, -0.2) is 4.98 Å². The fourth-order valence-electron chi connectivity index (χ4n) is 1.99. The smallest absolute Gasteiger partial charge is 0.289 e. The second kappa shape index (κ2) is 4.30. The molecule has 0 aliphatic heterocycles. The molecular weight excluding hydrogens is 214 g/mol. The highest BCUT2D eigenvalue weighted by Crippen LogP contribution is 2.30. The number of anilines is 1. The Morgan fingerprint density at radius 2 is 2.29 bits per heavy atom. The minimum absolute atomic E-state index is 0.390. The fourth-order valence-corrected chi connectivity index (χ4v) is 1.99. The van der Waals surface area contributed by atoms with Crippen molar-refractivity contribution in [2.24, 2.45) is 0 Å². The lowest BCUT2D eigenvalue weighted by molar-refractivity contribution is -0.373. The number of pyridine rings is 1. The number of furan rings is 1. The van der Waals surface area contributed by atoms with Crippen molar-refractivity contribution in [3.8, 4) is 17.4 Å². The van der Waals surface area contributed by atoms with Gasteiger partial charge in [-0.1, -0.05) is 6.92 Å². The zero-order valence-corrected chi connectivity index (χ0v) is 9.87. The van der Waals surface area contributed by atoms with Crippen LogP contribution in [0.5, 0.6) is 0 Å². The van der Waals surface area contributed by atoms with Crippen molar-refractivity contribution in [1.29, 1.82) is 5.26 Å². The summed E-state index contributed by atoms with van der Waals surface area (Å²) in [5.74, 6) is 1.07. The van der Waals surface area contributed by atoms with Gasteiger partial charge < -0.3 is 4.42 Å². The van der Waals surface area contributed by atoms with Crippen LogP contribution < -0.4 is 10.7 Å². The predicted molar refractivity (Wildman–Crippen MR) is 63.9 cm³/mol. The molecule has 0 saturated heterocycles. The number of aryl methyl sites for hydroxylation is 1. The van der Waals surface area contributed by atoms with Crippen molar-refractivity contribution >= 4 is 5.82 Å². The number of nitriles is 1. The molecule has 0 aliphatic rings. The zero-order valence-electron chi connectivity index (χ0n) is 9.87. The summed E-state index contributed by atoms with van der Waals surface area (Å²) in [6, 6.07) is 5.76. The van der Waals surface area contributed by atoms with Crippen LogP contribution in [0, 0.1) is 18.3 Å². The van der Waals surface area contributed by atoms with E-state index in [9.17, 15) is 5.26 Å². The molecule has 2 heterocycles. The number of aromatic amines is 1. The molecule has 3 N–H and O–H groups in total. The molecular formula is C13H14N3O+. The summed E-state index contributed by atoms with van der Waals surface area (Å²) in [6.45, 7) is 4.00. The summed E-state index contributed by atoms with van der Waals surface area (Å²) >= 11 is 0. The summed E-state index contributed by atoms with van der Waals surface area (Å²) in [5, 5.41) is 9.19. The molecule has 0 bridgehead atoms. The maximum absolute atomic E-state index is 9.19. The topological polar surface area (TPSA) is 77.1 Å². The standard InChI is InChI=1S/C13H13N3O/c1-3-10-8(2)12(11-5-4-6-17-11)9(7-14)13(15)16-10/h4-6H,3H2,1-2H3,(H2,15,16)/p+1. The average molecular weight is 228 g/mol. The first kappa shape index (κ1) is 11.2. The number of rotatable bonds is 2. The first-order chi connectivity index (χ1) is 8.19. The van der Waals surface area contributed by atoms with Crippen LogP contribution in [-0.2, 0) is 6.42 Å². The second-order valence-electron chi connectivity index (χ2n) is 3.83. The van der Waals surface area contributed by atoms with E-state index in [0.717, 1.165) is 23.2 Å². The van der Waals surface area contributed by atoms with Crippen LogP contribution in [0.1, 0.15) is 23.7 Å². The minimum Gasteiger partial charge on any atom is -0.464 e. The fraction of sp³-hybridized carbons (Fsp3) is 0.231. The van der Waals surface area contributed by atoms with E-state index < -0.39 is 0 Å². The molecule has 0 radical (unpaired) electrons. The molecule has 2 aromatic heterocycles. The van der Waals surface area contributed by atoms with Gasteiger partial charge in [0.05, 0.1) is 11.8 Å². The average Bonchev–Trinajstić information content (AvgIpc) is 2.84. The first-order valence-corrected chi connectivity index (χ1v) is 5.47. The Kier molecular flexibility index (Phi) is 2.84. The van der Waals surface area contributed by atoms with E-state index in [1.54, 1.807) is 12.3 Å². The highest BCUT2D eigenvalue weighted by molar-refractivity contribution is 5.74. The summed E-state index contributed by atoms with van der Waals surface area (Å²) in [7, 11) is 0. The van der Waals surface area contributed by atoms with Crippen molar-refractivity contribution in [3.05, 3.63) is 35.2 Å². The van der Waals surface area contributed by atoms with Crippen LogP contribution >= 0.6 is 0 Å². The van der Waals surface area contributed by atoms with Crippen molar-refractivity contribution in [1.82, 2.24) is 0 Å². The van der Waals surface area contributed by atoms with Crippen LogP contribution in [-0.4, -0.2) is 0 Å². The van der Waals surface area contributed by atoms with Gasteiger partial charge in [0.15, 0.2) is 5.56 Å². The zero-order chi connectivity index (χ0) is 12.4. The van der Waals surface area contributed by atoms with Gasteiger partial charge in [0.2, 0.25) is 0 Å². The predicted octanol–water partition coefficient (Wildman–Crippen LogP) is 2.09. The van der Waals surface area contributed by atoms with Crippen LogP contribution in [0.2, 0.25) is 0 Å². The summed E-state index contributed by atoms with van der Waals surface area (Å²) in [4.78, 5) is 3.06. The summed E-state index contributed by atoms with van der Waals surface area (Å²) in [5.41, 5.74) is 9.11. The molecule has 0 aromatic carbocycles. The maximum Gasteiger partial charge on any atom is 0.289 e. The third-order valence-corrected chi connectivity index (χ3v) is 2.87. The lowest BCUT2D eigenvalue weighted by atomic mass is 9.99. The highest BCUT2D eigenvalue weighted by Gasteiger charge is 2.21. The van der Waals surface area contributed by atoms with Crippen molar-refractivity contribution in [2.75, 3.05) is 5.73 Å². The largest absolute Gasteiger partial charge is 0.464 e. The van der Waals surface area contributed by atoms with Gasteiger partial charge >= 0.3 is 0 Å². The maximum atomic E-state index is 9.19. The number of nitrogen functional groups attached to an aromatic ring is 1. The molecule has 0 unspecified atom stereocenters. The number of nitrogens with two attached hydrogens (primary N) is 1. The Hall–Kier alpha value is -2.28. The van der Waals surface area contributed by atoms with E-state index in [0.29, 0.717) is 17.1 Å². The molecule has 0 amide bonds. The Bertz CT molecular complexity index is 579. The van der Waals surface area contributed by atoms with Gasteiger partial charge in [0.1, 0.15) is 17.5 Å². The second-order valence-corrected chi connectivity index (χ2v) is 3.83. The van der Waals surface area contributed by atoms with Gasteiger partial charge in [-0.15, -0.1) is 0 Å². The first-order valence-electron chi connectivity index (χ1n) is 5.47. The van der Waals surface area contributed by atoms with Crippen LogP contribution in [0.3, 0.4) is 0 Å². The normalized spacial score (nSPS) is 10.2. The number of nitrogens with one attached hydrogen (secondary N) is 1. The number of hydrogen-bond acceptors (Lipinski definition) is 3. The van der Waals surface area contributed by atoms with Gasteiger partial charge in [0.25, 0.3) is 5.82 Å². The van der Waals surface area contributed by atoms with Crippen molar-refractivity contribution in [2.45, 2.75) is 20.3 Å². The van der Waals surface area contributed by atoms with Gasteiger partial charge in [0, 0.05) is 12.0 Å². The van der Waals surface area contributed by atoms with Crippen LogP contribution in [0.15, 0.2) is 22.8 Å². The molecule has 86 valence electrons. The summed E-state index contributed by atoms with van der Waals surface area (Å²) < 4.78 is 5.38. The van der Waals surface area contributed by atoms with E-state index in [-0.39, 0.29) is 0 Å². The monoisotopic (exact) mass is 228 g/mol. The summed E-state index contributed by atoms with van der Waals surface area (Å²) in [6.07, 6.45) is 2.42. The third-order valence-electron chi connectivity index (χ3n) is 2.87. The number of aromatic nitrogens is 1. The Balaban J connectivity index is 2.80. The molecule has 4 nitrogen and oxygen atoms in total. The van der Waals surface area contributed by atoms with E-state index in [2.05, 4.69) is 11.1 Å². The molecule has 0 fully saturated rings. The lowest BCUT2D eigenvalue weighted by Gasteiger charge is -2.08. The van der Waals surface area contributed by atoms with Crippen LogP contribution in [0.25, 0.3) is 11.3 Å². The molecule has 0 aliphatic carbocycles. The highest BCUT2D eigenvalue weighted by atomic mass is 16.3. The van der Waals surface area contributed by atoms with Gasteiger partial charge in [-0.3, -0.25) is 5.73 Å². The SMILES string of the molecule is CCc1[nH+]c(N)c(C#N)c(-c2ccco2)c1C. The molecule has 0 spiro atoms. The van der Waals surface area contributed by atoms with E-state index in [1.165, 1.54) is 0 Å². The lowest BCUT2D eigenvalue weighted by Crippen LogP contribution is -2.20. The van der Waals surface area contributed by atoms with Crippen molar-refractivity contribution < 1.29 is 9.40 Å². The number of nitrogens with zero attached hydrogens (tertiary/aromatic N) is 1. The van der Waals surface area contributed by atoms with E-state index in [4.69, 9.17) is 10.2 Å². The molecule has 2 rings (SSSR count). The van der Waals surface area contributed by atoms with Gasteiger partial charge in [-0.05, 0) is 19.1 Å². The molecule has 2 aromatic rings. The van der Waals surface area contributed by atoms with E-state index in [1.807, 2.05) is 19.9 Å². The number of H-pyrrole nitrogens is 1. The molecule has 0 atom stereocenters. The van der Waals surface area contributed by atoms with Crippen molar-refractivity contribution in [3.63, 3.8) is 0 Å². The number of hydrogen-bond donors (Lipinski definition) is 1. The third kappa shape index (κ3) is 1.76. The quantitative estimate of drug-likeness (QED) is 0.854. The molecule has 4 heteroatoms. The van der Waals surface area contributed by atoms with Gasteiger partial charge in [-0.2, -0.15) is 5.26 Å². The Labute approximate surface area is 99.7 Å². The van der Waals surface area contributed by atoms with Crippen LogP contribution in [0.4, 0.5) is 5.82 Å². The molecule has 0 saturated carbocycles. The Morgan fingerprint density at radius 3 is 2.82 bits per heavy atom.